The SMILES string of the molecule is CCC(O)COc1cc(Cl)ccc1Cl. The summed E-state index contributed by atoms with van der Waals surface area (Å²) in [6.45, 7) is 2.12. The number of rotatable bonds is 4. The van der Waals surface area contributed by atoms with Gasteiger partial charge in [0.2, 0.25) is 0 Å². The molecular weight excluding hydrogens is 223 g/mol. The predicted molar refractivity (Wildman–Crippen MR) is 58.3 cm³/mol. The highest BCUT2D eigenvalue weighted by Gasteiger charge is 2.05. The van der Waals surface area contributed by atoms with Crippen LogP contribution < -0.4 is 4.74 Å². The van der Waals surface area contributed by atoms with E-state index < -0.39 is 6.10 Å². The molecule has 0 amide bonds. The Morgan fingerprint density at radius 3 is 2.79 bits per heavy atom. The molecule has 1 aromatic rings. The Morgan fingerprint density at radius 1 is 1.43 bits per heavy atom. The van der Waals surface area contributed by atoms with Crippen molar-refractivity contribution in [1.29, 1.82) is 0 Å². The number of hydrogen-bond donors (Lipinski definition) is 1. The van der Waals surface area contributed by atoms with Gasteiger partial charge in [0.05, 0.1) is 11.1 Å². The summed E-state index contributed by atoms with van der Waals surface area (Å²) in [5.74, 6) is 0.506. The molecule has 78 valence electrons. The van der Waals surface area contributed by atoms with Crippen molar-refractivity contribution >= 4 is 23.2 Å². The highest BCUT2D eigenvalue weighted by molar-refractivity contribution is 6.34. The quantitative estimate of drug-likeness (QED) is 0.868. The van der Waals surface area contributed by atoms with Crippen molar-refractivity contribution in [1.82, 2.24) is 0 Å². The largest absolute Gasteiger partial charge is 0.489 e. The predicted octanol–water partition coefficient (Wildman–Crippen LogP) is 3.14. The zero-order valence-electron chi connectivity index (χ0n) is 7.84. The molecule has 0 heterocycles. The Balaban J connectivity index is 2.62. The lowest BCUT2D eigenvalue weighted by atomic mass is 10.3. The van der Waals surface area contributed by atoms with Crippen LogP contribution in [0.3, 0.4) is 0 Å². The second-order valence-corrected chi connectivity index (χ2v) is 3.79. The van der Waals surface area contributed by atoms with Gasteiger partial charge in [-0.3, -0.25) is 0 Å². The average molecular weight is 235 g/mol. The van der Waals surface area contributed by atoms with E-state index in [1.54, 1.807) is 18.2 Å². The molecule has 0 saturated heterocycles. The second kappa shape index (κ2) is 5.44. The van der Waals surface area contributed by atoms with Crippen molar-refractivity contribution in [2.75, 3.05) is 6.61 Å². The molecule has 2 nitrogen and oxygen atoms in total. The molecule has 0 saturated carbocycles. The van der Waals surface area contributed by atoms with Crippen LogP contribution >= 0.6 is 23.2 Å². The maximum Gasteiger partial charge on any atom is 0.139 e. The van der Waals surface area contributed by atoms with Crippen molar-refractivity contribution in [3.05, 3.63) is 28.2 Å². The Morgan fingerprint density at radius 2 is 2.14 bits per heavy atom. The van der Waals surface area contributed by atoms with E-state index in [-0.39, 0.29) is 6.61 Å². The van der Waals surface area contributed by atoms with E-state index in [1.165, 1.54) is 0 Å². The minimum absolute atomic E-state index is 0.233. The van der Waals surface area contributed by atoms with Crippen LogP contribution in [0.5, 0.6) is 5.75 Å². The van der Waals surface area contributed by atoms with Gasteiger partial charge in [-0.2, -0.15) is 0 Å². The van der Waals surface area contributed by atoms with E-state index in [1.807, 2.05) is 6.92 Å². The Labute approximate surface area is 93.4 Å². The van der Waals surface area contributed by atoms with Crippen LogP contribution in [0.4, 0.5) is 0 Å². The first-order valence-electron chi connectivity index (χ1n) is 4.39. The summed E-state index contributed by atoms with van der Waals surface area (Å²) in [5.41, 5.74) is 0. The molecule has 1 N–H and O–H groups in total. The summed E-state index contributed by atoms with van der Waals surface area (Å²) < 4.78 is 5.30. The molecule has 0 spiro atoms. The monoisotopic (exact) mass is 234 g/mol. The number of hydrogen-bond acceptors (Lipinski definition) is 2. The fraction of sp³-hybridized carbons (Fsp3) is 0.400. The number of halogens is 2. The number of ether oxygens (including phenoxy) is 1. The summed E-state index contributed by atoms with van der Waals surface area (Å²) in [7, 11) is 0. The fourth-order valence-corrected chi connectivity index (χ4v) is 1.23. The van der Waals surface area contributed by atoms with E-state index in [4.69, 9.17) is 27.9 Å². The average Bonchev–Trinajstić information content (AvgIpc) is 2.19. The van der Waals surface area contributed by atoms with E-state index in [9.17, 15) is 5.11 Å². The summed E-state index contributed by atoms with van der Waals surface area (Å²) >= 11 is 11.6. The van der Waals surface area contributed by atoms with Crippen LogP contribution in [0.1, 0.15) is 13.3 Å². The van der Waals surface area contributed by atoms with Crippen molar-refractivity contribution in [2.45, 2.75) is 19.4 Å². The van der Waals surface area contributed by atoms with Gasteiger partial charge >= 0.3 is 0 Å². The number of aliphatic hydroxyl groups is 1. The van der Waals surface area contributed by atoms with Crippen LogP contribution in [0, 0.1) is 0 Å². The van der Waals surface area contributed by atoms with Crippen LogP contribution in [0.2, 0.25) is 10.0 Å². The molecular formula is C10H12Cl2O2. The highest BCUT2D eigenvalue weighted by atomic mass is 35.5. The topological polar surface area (TPSA) is 29.5 Å². The normalized spacial score (nSPS) is 12.6. The van der Waals surface area contributed by atoms with E-state index >= 15 is 0 Å². The van der Waals surface area contributed by atoms with E-state index in [0.29, 0.717) is 22.2 Å². The first-order chi connectivity index (χ1) is 6.63. The van der Waals surface area contributed by atoms with Crippen molar-refractivity contribution < 1.29 is 9.84 Å². The molecule has 0 aromatic heterocycles. The maximum absolute atomic E-state index is 9.28. The first kappa shape index (κ1) is 11.6. The van der Waals surface area contributed by atoms with Gasteiger partial charge in [-0.25, -0.2) is 0 Å². The third kappa shape index (κ3) is 3.37. The van der Waals surface area contributed by atoms with Crippen molar-refractivity contribution in [2.24, 2.45) is 0 Å². The molecule has 14 heavy (non-hydrogen) atoms. The van der Waals surface area contributed by atoms with E-state index in [2.05, 4.69) is 0 Å². The first-order valence-corrected chi connectivity index (χ1v) is 5.15. The van der Waals surface area contributed by atoms with Crippen molar-refractivity contribution in [3.63, 3.8) is 0 Å². The standard InChI is InChI=1S/C10H12Cl2O2/c1-2-8(13)6-14-10-5-7(11)3-4-9(10)12/h3-5,8,13H,2,6H2,1H3. The Kier molecular flexibility index (Phi) is 4.52. The van der Waals surface area contributed by atoms with Gasteiger partial charge < -0.3 is 9.84 Å². The minimum Gasteiger partial charge on any atom is -0.489 e. The molecule has 1 aromatic carbocycles. The minimum atomic E-state index is -0.468. The molecule has 1 rings (SSSR count). The molecule has 1 unspecified atom stereocenters. The van der Waals surface area contributed by atoms with Gasteiger partial charge in [-0.15, -0.1) is 0 Å². The van der Waals surface area contributed by atoms with Crippen LogP contribution in [-0.4, -0.2) is 17.8 Å². The summed E-state index contributed by atoms with van der Waals surface area (Å²) in [6.07, 6.45) is 0.183. The van der Waals surface area contributed by atoms with Crippen LogP contribution in [0.25, 0.3) is 0 Å². The molecule has 0 aliphatic carbocycles. The third-order valence-electron chi connectivity index (χ3n) is 1.80. The number of aliphatic hydroxyl groups excluding tert-OH is 1. The second-order valence-electron chi connectivity index (χ2n) is 2.95. The highest BCUT2D eigenvalue weighted by Crippen LogP contribution is 2.27. The zero-order chi connectivity index (χ0) is 10.6. The van der Waals surface area contributed by atoms with Crippen LogP contribution in [-0.2, 0) is 0 Å². The summed E-state index contributed by atoms with van der Waals surface area (Å²) in [6, 6.07) is 4.98. The molecule has 1 atom stereocenters. The lowest BCUT2D eigenvalue weighted by Gasteiger charge is -2.11. The fourth-order valence-electron chi connectivity index (χ4n) is 0.892. The Bertz CT molecular complexity index is 302. The third-order valence-corrected chi connectivity index (χ3v) is 2.34. The number of benzene rings is 1. The van der Waals surface area contributed by atoms with Gasteiger partial charge in [0, 0.05) is 11.1 Å². The smallest absolute Gasteiger partial charge is 0.139 e. The molecule has 0 bridgehead atoms. The van der Waals surface area contributed by atoms with Gasteiger partial charge in [0.15, 0.2) is 0 Å². The summed E-state index contributed by atoms with van der Waals surface area (Å²) in [4.78, 5) is 0. The lowest BCUT2D eigenvalue weighted by Crippen LogP contribution is -2.16. The maximum atomic E-state index is 9.28. The molecule has 0 aliphatic heterocycles. The van der Waals surface area contributed by atoms with Crippen molar-refractivity contribution in [3.8, 4) is 5.75 Å². The molecule has 4 heteroatoms. The Hall–Kier alpha value is -0.440. The zero-order valence-corrected chi connectivity index (χ0v) is 9.35. The molecule has 0 radical (unpaired) electrons. The van der Waals surface area contributed by atoms with Crippen LogP contribution in [0.15, 0.2) is 18.2 Å². The van der Waals surface area contributed by atoms with E-state index in [0.717, 1.165) is 0 Å². The van der Waals surface area contributed by atoms with Gasteiger partial charge in [0.1, 0.15) is 12.4 Å². The lowest BCUT2D eigenvalue weighted by molar-refractivity contribution is 0.104. The van der Waals surface area contributed by atoms with Gasteiger partial charge in [-0.05, 0) is 18.6 Å². The molecule has 0 aliphatic rings. The summed E-state index contributed by atoms with van der Waals surface area (Å²) in [5, 5.41) is 10.3. The van der Waals surface area contributed by atoms with Gasteiger partial charge in [0.25, 0.3) is 0 Å². The molecule has 0 fully saturated rings. The van der Waals surface area contributed by atoms with Gasteiger partial charge in [-0.1, -0.05) is 30.1 Å².